The Morgan fingerprint density at radius 3 is 2.94 bits per heavy atom. The van der Waals surface area contributed by atoms with Crippen molar-refractivity contribution in [2.45, 2.75) is 35.4 Å². The Hall–Kier alpha value is -0.870. The zero-order valence-corrected chi connectivity index (χ0v) is 11.1. The van der Waals surface area contributed by atoms with Crippen molar-refractivity contribution in [2.75, 3.05) is 14.2 Å². The zero-order chi connectivity index (χ0) is 12.3. The fraction of sp³-hybridized carbons (Fsp3) is 0.538. The van der Waals surface area contributed by atoms with Gasteiger partial charge in [0.1, 0.15) is 5.75 Å². The second-order valence-electron chi connectivity index (χ2n) is 4.34. The Morgan fingerprint density at radius 2 is 2.24 bits per heavy atom. The van der Waals surface area contributed by atoms with Crippen LogP contribution in [0.2, 0.25) is 0 Å². The van der Waals surface area contributed by atoms with Crippen LogP contribution in [-0.2, 0) is 10.8 Å². The van der Waals surface area contributed by atoms with Crippen LogP contribution in [0.5, 0.6) is 5.75 Å². The molecule has 17 heavy (non-hydrogen) atoms. The summed E-state index contributed by atoms with van der Waals surface area (Å²) in [7, 11) is 2.64. The van der Waals surface area contributed by atoms with Crippen LogP contribution in [0.3, 0.4) is 0 Å². The van der Waals surface area contributed by atoms with Crippen LogP contribution in [0.25, 0.3) is 0 Å². The summed E-state index contributed by atoms with van der Waals surface area (Å²) in [6.07, 6.45) is 3.32. The molecule has 0 aliphatic heterocycles. The number of ether oxygens (including phenoxy) is 1. The van der Waals surface area contributed by atoms with Crippen molar-refractivity contribution in [1.29, 1.82) is 0 Å². The van der Waals surface area contributed by atoms with Crippen LogP contribution < -0.4 is 10.1 Å². The second kappa shape index (κ2) is 5.65. The summed E-state index contributed by atoms with van der Waals surface area (Å²) in [6, 6.07) is 7.95. The van der Waals surface area contributed by atoms with Crippen LogP contribution in [0.1, 0.15) is 19.3 Å². The third-order valence-corrected chi connectivity index (χ3v) is 5.20. The quantitative estimate of drug-likeness (QED) is 0.891. The maximum atomic E-state index is 12.5. The molecule has 1 N–H and O–H groups in total. The first-order chi connectivity index (χ1) is 8.26. The fourth-order valence-corrected chi connectivity index (χ4v) is 4.16. The lowest BCUT2D eigenvalue weighted by Gasteiger charge is -2.18. The van der Waals surface area contributed by atoms with E-state index in [1.807, 2.05) is 31.3 Å². The average Bonchev–Trinajstić information content (AvgIpc) is 2.86. The van der Waals surface area contributed by atoms with Crippen molar-refractivity contribution >= 4 is 10.8 Å². The van der Waals surface area contributed by atoms with Gasteiger partial charge in [-0.05, 0) is 38.1 Å². The lowest BCUT2D eigenvalue weighted by molar-refractivity contribution is 0.413. The molecular formula is C13H19NO2S. The van der Waals surface area contributed by atoms with Gasteiger partial charge < -0.3 is 10.1 Å². The fourth-order valence-electron chi connectivity index (χ4n) is 2.41. The molecule has 0 bridgehead atoms. The van der Waals surface area contributed by atoms with E-state index in [9.17, 15) is 4.21 Å². The molecule has 3 atom stereocenters. The molecule has 0 saturated heterocycles. The third-order valence-electron chi connectivity index (χ3n) is 3.37. The van der Waals surface area contributed by atoms with E-state index in [0.29, 0.717) is 6.04 Å². The molecule has 0 heterocycles. The summed E-state index contributed by atoms with van der Waals surface area (Å²) in [6.45, 7) is 0. The molecule has 0 amide bonds. The molecular weight excluding hydrogens is 234 g/mol. The molecule has 1 aromatic rings. The topological polar surface area (TPSA) is 38.3 Å². The Balaban J connectivity index is 2.18. The number of rotatable bonds is 4. The van der Waals surface area contributed by atoms with Gasteiger partial charge in [0, 0.05) is 10.9 Å². The Morgan fingerprint density at radius 1 is 1.41 bits per heavy atom. The standard InChI is InChI=1S/C13H19NO2S/c1-14-12-7-4-8-13(12)17(15)11-6-3-5-10(9-11)16-2/h3,5-6,9,12-14H,4,7-8H2,1-2H3. The summed E-state index contributed by atoms with van der Waals surface area (Å²) >= 11 is 0. The number of hydrogen-bond donors (Lipinski definition) is 1. The molecule has 1 aliphatic carbocycles. The van der Waals surface area contributed by atoms with Crippen molar-refractivity contribution in [3.05, 3.63) is 24.3 Å². The van der Waals surface area contributed by atoms with Crippen molar-refractivity contribution in [2.24, 2.45) is 0 Å². The van der Waals surface area contributed by atoms with Crippen LogP contribution in [0.4, 0.5) is 0 Å². The summed E-state index contributed by atoms with van der Waals surface area (Å²) < 4.78 is 17.7. The monoisotopic (exact) mass is 253 g/mol. The summed E-state index contributed by atoms with van der Waals surface area (Å²) in [5.41, 5.74) is 0. The van der Waals surface area contributed by atoms with Gasteiger partial charge in [0.2, 0.25) is 0 Å². The largest absolute Gasteiger partial charge is 0.497 e. The first-order valence-corrected chi connectivity index (χ1v) is 7.19. The van der Waals surface area contributed by atoms with Gasteiger partial charge in [0.15, 0.2) is 0 Å². The van der Waals surface area contributed by atoms with Crippen molar-refractivity contribution in [3.8, 4) is 5.75 Å². The van der Waals surface area contributed by atoms with Crippen molar-refractivity contribution in [1.82, 2.24) is 5.32 Å². The van der Waals surface area contributed by atoms with Gasteiger partial charge in [-0.1, -0.05) is 12.5 Å². The van der Waals surface area contributed by atoms with Crippen molar-refractivity contribution in [3.63, 3.8) is 0 Å². The molecule has 2 rings (SSSR count). The van der Waals surface area contributed by atoms with E-state index in [0.717, 1.165) is 29.9 Å². The van der Waals surface area contributed by atoms with E-state index < -0.39 is 10.8 Å². The van der Waals surface area contributed by atoms with Crippen LogP contribution in [-0.4, -0.2) is 29.7 Å². The minimum Gasteiger partial charge on any atom is -0.497 e. The van der Waals surface area contributed by atoms with Crippen LogP contribution in [0.15, 0.2) is 29.2 Å². The Kier molecular flexibility index (Phi) is 4.18. The van der Waals surface area contributed by atoms with E-state index >= 15 is 0 Å². The van der Waals surface area contributed by atoms with Gasteiger partial charge >= 0.3 is 0 Å². The van der Waals surface area contributed by atoms with Gasteiger partial charge in [-0.25, -0.2) is 0 Å². The Labute approximate surface area is 105 Å². The third kappa shape index (κ3) is 2.69. The molecule has 0 aromatic heterocycles. The first kappa shape index (κ1) is 12.6. The Bertz CT molecular complexity index is 408. The molecule has 1 fully saturated rings. The highest BCUT2D eigenvalue weighted by Gasteiger charge is 2.31. The number of nitrogens with one attached hydrogen (secondary N) is 1. The van der Waals surface area contributed by atoms with Gasteiger partial charge in [0.25, 0.3) is 0 Å². The zero-order valence-electron chi connectivity index (χ0n) is 10.3. The van der Waals surface area contributed by atoms with Crippen molar-refractivity contribution < 1.29 is 8.95 Å². The van der Waals surface area contributed by atoms with Gasteiger partial charge in [-0.3, -0.25) is 4.21 Å². The number of methoxy groups -OCH3 is 1. The summed E-state index contributed by atoms with van der Waals surface area (Å²) in [5.74, 6) is 0.773. The second-order valence-corrected chi connectivity index (χ2v) is 6.01. The first-order valence-electron chi connectivity index (χ1n) is 5.98. The lowest BCUT2D eigenvalue weighted by atomic mass is 10.2. The molecule has 1 aliphatic rings. The lowest BCUT2D eigenvalue weighted by Crippen LogP contribution is -2.35. The SMILES string of the molecule is CNC1CCCC1S(=O)c1cccc(OC)c1. The molecule has 94 valence electrons. The molecule has 0 radical (unpaired) electrons. The number of hydrogen-bond acceptors (Lipinski definition) is 3. The highest BCUT2D eigenvalue weighted by Crippen LogP contribution is 2.28. The molecule has 3 nitrogen and oxygen atoms in total. The molecule has 1 saturated carbocycles. The smallest absolute Gasteiger partial charge is 0.120 e. The average molecular weight is 253 g/mol. The van der Waals surface area contributed by atoms with E-state index in [-0.39, 0.29) is 5.25 Å². The van der Waals surface area contributed by atoms with Gasteiger partial charge in [0.05, 0.1) is 23.2 Å². The highest BCUT2D eigenvalue weighted by molar-refractivity contribution is 7.85. The van der Waals surface area contributed by atoms with Gasteiger partial charge in [-0.2, -0.15) is 0 Å². The van der Waals surface area contributed by atoms with Gasteiger partial charge in [-0.15, -0.1) is 0 Å². The maximum Gasteiger partial charge on any atom is 0.120 e. The predicted molar refractivity (Wildman–Crippen MR) is 69.9 cm³/mol. The maximum absolute atomic E-state index is 12.5. The predicted octanol–water partition coefficient (Wildman–Crippen LogP) is 1.94. The van der Waals surface area contributed by atoms with Crippen LogP contribution in [0, 0.1) is 0 Å². The van der Waals surface area contributed by atoms with E-state index in [1.165, 1.54) is 0 Å². The normalized spacial score (nSPS) is 25.8. The summed E-state index contributed by atoms with van der Waals surface area (Å²) in [4.78, 5) is 0.872. The minimum atomic E-state index is -0.943. The van der Waals surface area contributed by atoms with E-state index in [1.54, 1.807) is 7.11 Å². The van der Waals surface area contributed by atoms with Crippen LogP contribution >= 0.6 is 0 Å². The molecule has 4 heteroatoms. The molecule has 1 aromatic carbocycles. The summed E-state index contributed by atoms with van der Waals surface area (Å²) in [5, 5.41) is 3.50. The minimum absolute atomic E-state index is 0.229. The molecule has 0 spiro atoms. The van der Waals surface area contributed by atoms with E-state index in [4.69, 9.17) is 4.74 Å². The highest BCUT2D eigenvalue weighted by atomic mass is 32.2. The number of benzene rings is 1. The van der Waals surface area contributed by atoms with E-state index in [2.05, 4.69) is 5.32 Å². The molecule has 3 unspecified atom stereocenters.